The molecule has 20 heavy (non-hydrogen) atoms. The Morgan fingerprint density at radius 1 is 1.35 bits per heavy atom. The number of hydrogen-bond donors (Lipinski definition) is 2. The quantitative estimate of drug-likeness (QED) is 0.882. The van der Waals surface area contributed by atoms with Crippen molar-refractivity contribution in [3.63, 3.8) is 0 Å². The number of thiazole rings is 1. The van der Waals surface area contributed by atoms with Crippen LogP contribution in [0.15, 0.2) is 9.98 Å². The molecule has 2 fully saturated rings. The Balaban J connectivity index is 1.56. The zero-order valence-electron chi connectivity index (χ0n) is 10.6. The average Bonchev–Trinajstić information content (AvgIpc) is 3.36. The van der Waals surface area contributed by atoms with E-state index >= 15 is 0 Å². The van der Waals surface area contributed by atoms with E-state index in [1.54, 1.807) is 5.51 Å². The van der Waals surface area contributed by atoms with Gasteiger partial charge in [-0.25, -0.2) is 4.98 Å². The first-order valence-electron chi connectivity index (χ1n) is 6.72. The summed E-state index contributed by atoms with van der Waals surface area (Å²) in [5, 5.41) is 10.9. The van der Waals surface area contributed by atoms with Crippen molar-refractivity contribution in [2.75, 3.05) is 5.32 Å². The van der Waals surface area contributed by atoms with Crippen LogP contribution in [-0.2, 0) is 0 Å². The van der Waals surface area contributed by atoms with Gasteiger partial charge >= 0.3 is 0 Å². The van der Waals surface area contributed by atoms with E-state index in [-0.39, 0.29) is 5.91 Å². The Hall–Kier alpha value is -1.21. The van der Waals surface area contributed by atoms with Crippen LogP contribution in [0.4, 0.5) is 5.00 Å². The van der Waals surface area contributed by atoms with Crippen molar-refractivity contribution in [1.82, 2.24) is 15.2 Å². The molecule has 2 aromatic rings. The van der Waals surface area contributed by atoms with E-state index in [0.717, 1.165) is 20.9 Å². The molecule has 5 nitrogen and oxygen atoms in total. The smallest absolute Gasteiger partial charge is 0.277 e. The molecule has 0 spiro atoms. The summed E-state index contributed by atoms with van der Waals surface area (Å²) in [6, 6.07) is 0. The summed E-state index contributed by atoms with van der Waals surface area (Å²) in [5.41, 5.74) is 4.29. The zero-order valence-corrected chi connectivity index (χ0v) is 13.1. The molecule has 2 aliphatic rings. The second kappa shape index (κ2) is 4.66. The van der Waals surface area contributed by atoms with Crippen molar-refractivity contribution >= 4 is 38.2 Å². The Kier molecular flexibility index (Phi) is 2.92. The lowest BCUT2D eigenvalue weighted by molar-refractivity contribution is 0.102. The van der Waals surface area contributed by atoms with Crippen LogP contribution >= 0.6 is 27.3 Å². The average molecular weight is 353 g/mol. The van der Waals surface area contributed by atoms with Crippen molar-refractivity contribution in [1.29, 1.82) is 0 Å². The monoisotopic (exact) mass is 352 g/mol. The maximum Gasteiger partial charge on any atom is 0.277 e. The Morgan fingerprint density at radius 3 is 2.80 bits per heavy atom. The lowest BCUT2D eigenvalue weighted by atomic mass is 10.2. The van der Waals surface area contributed by atoms with Crippen molar-refractivity contribution in [2.24, 2.45) is 0 Å². The summed E-state index contributed by atoms with van der Waals surface area (Å²) in [4.78, 5) is 16.7. The molecule has 2 N–H and O–H groups in total. The van der Waals surface area contributed by atoms with Crippen LogP contribution in [0.2, 0.25) is 0 Å². The number of aromatic nitrogens is 3. The molecule has 0 saturated heterocycles. The number of H-pyrrole nitrogens is 1. The summed E-state index contributed by atoms with van der Waals surface area (Å²) in [7, 11) is 0. The van der Waals surface area contributed by atoms with Gasteiger partial charge < -0.3 is 5.32 Å². The van der Waals surface area contributed by atoms with Crippen LogP contribution in [0, 0.1) is 0 Å². The van der Waals surface area contributed by atoms with Gasteiger partial charge in [-0.1, -0.05) is 0 Å². The molecule has 2 saturated carbocycles. The van der Waals surface area contributed by atoms with Crippen LogP contribution in [0.25, 0.3) is 0 Å². The number of aromatic amines is 1. The number of anilines is 1. The van der Waals surface area contributed by atoms with E-state index in [1.807, 2.05) is 0 Å². The fraction of sp³-hybridized carbons (Fsp3) is 0.462. The molecule has 0 bridgehead atoms. The van der Waals surface area contributed by atoms with Crippen molar-refractivity contribution in [3.05, 3.63) is 27.1 Å². The fourth-order valence-electron chi connectivity index (χ4n) is 2.29. The van der Waals surface area contributed by atoms with Gasteiger partial charge in [0, 0.05) is 11.8 Å². The van der Waals surface area contributed by atoms with Gasteiger partial charge in [-0.05, 0) is 41.6 Å². The first-order valence-corrected chi connectivity index (χ1v) is 8.39. The predicted octanol–water partition coefficient (Wildman–Crippen LogP) is 3.64. The molecule has 0 aliphatic heterocycles. The van der Waals surface area contributed by atoms with Gasteiger partial charge in [-0.15, -0.1) is 11.3 Å². The first kappa shape index (κ1) is 12.5. The highest BCUT2D eigenvalue weighted by Gasteiger charge is 2.32. The number of carbonyl (C=O) groups is 1. The number of rotatable bonds is 4. The van der Waals surface area contributed by atoms with Gasteiger partial charge in [0.05, 0.1) is 21.4 Å². The topological polar surface area (TPSA) is 70.7 Å². The number of hydrogen-bond acceptors (Lipinski definition) is 4. The second-order valence-electron chi connectivity index (χ2n) is 5.37. The maximum atomic E-state index is 12.3. The summed E-state index contributed by atoms with van der Waals surface area (Å²) < 4.78 is 0.801. The van der Waals surface area contributed by atoms with Gasteiger partial charge in [0.25, 0.3) is 5.91 Å². The third kappa shape index (κ3) is 2.18. The highest BCUT2D eigenvalue weighted by Crippen LogP contribution is 2.45. The molecule has 2 heterocycles. The molecule has 0 radical (unpaired) electrons. The van der Waals surface area contributed by atoms with E-state index < -0.39 is 0 Å². The number of nitrogens with zero attached hydrogens (tertiary/aromatic N) is 2. The first-order chi connectivity index (χ1) is 9.74. The maximum absolute atomic E-state index is 12.3. The minimum absolute atomic E-state index is 0.175. The lowest BCUT2D eigenvalue weighted by Crippen LogP contribution is -2.13. The van der Waals surface area contributed by atoms with Gasteiger partial charge in [0.1, 0.15) is 5.00 Å². The standard InChI is InChI=1S/C13H13BrN4OS/c14-8-9(6-1-2-6)17-18-11(8)12(19)16-13-10(7-3-4-7)15-5-20-13/h5-7H,1-4H2,(H,16,19)(H,17,18). The van der Waals surface area contributed by atoms with Crippen LogP contribution in [0.3, 0.4) is 0 Å². The zero-order chi connectivity index (χ0) is 13.7. The Morgan fingerprint density at radius 2 is 2.10 bits per heavy atom. The highest BCUT2D eigenvalue weighted by molar-refractivity contribution is 9.10. The molecule has 2 aliphatic carbocycles. The molecule has 7 heteroatoms. The lowest BCUT2D eigenvalue weighted by Gasteiger charge is -2.03. The Bertz CT molecular complexity index is 672. The number of halogens is 1. The number of carbonyl (C=O) groups excluding carboxylic acids is 1. The van der Waals surface area contributed by atoms with E-state index in [2.05, 4.69) is 36.4 Å². The van der Waals surface area contributed by atoms with Gasteiger partial charge in [0.2, 0.25) is 0 Å². The van der Waals surface area contributed by atoms with Crippen molar-refractivity contribution < 1.29 is 4.79 Å². The van der Waals surface area contributed by atoms with Crippen LogP contribution in [0.5, 0.6) is 0 Å². The fourth-order valence-corrected chi connectivity index (χ4v) is 3.74. The minimum Gasteiger partial charge on any atom is -0.311 e. The molecular weight excluding hydrogens is 340 g/mol. The molecular formula is C13H13BrN4OS. The third-order valence-corrected chi connectivity index (χ3v) is 5.28. The molecule has 2 aromatic heterocycles. The predicted molar refractivity (Wildman–Crippen MR) is 80.3 cm³/mol. The molecule has 4 rings (SSSR count). The number of amides is 1. The normalized spacial score (nSPS) is 18.2. The second-order valence-corrected chi connectivity index (χ2v) is 7.02. The van der Waals surface area contributed by atoms with E-state index in [1.165, 1.54) is 37.0 Å². The van der Waals surface area contributed by atoms with E-state index in [4.69, 9.17) is 0 Å². The summed E-state index contributed by atoms with van der Waals surface area (Å²) in [5.74, 6) is 0.885. The highest BCUT2D eigenvalue weighted by atomic mass is 79.9. The SMILES string of the molecule is O=C(Nc1scnc1C1CC1)c1n[nH]c(C2CC2)c1Br. The van der Waals surface area contributed by atoms with Gasteiger partial charge in [-0.2, -0.15) is 5.10 Å². The van der Waals surface area contributed by atoms with Crippen LogP contribution in [-0.4, -0.2) is 21.1 Å². The molecule has 0 unspecified atom stereocenters. The molecule has 0 atom stereocenters. The van der Waals surface area contributed by atoms with Crippen molar-refractivity contribution in [2.45, 2.75) is 37.5 Å². The molecule has 104 valence electrons. The molecule has 0 aromatic carbocycles. The summed E-state index contributed by atoms with van der Waals surface area (Å²) >= 11 is 4.97. The summed E-state index contributed by atoms with van der Waals surface area (Å²) in [6.07, 6.45) is 4.68. The number of nitrogens with one attached hydrogen (secondary N) is 2. The van der Waals surface area contributed by atoms with E-state index in [0.29, 0.717) is 17.5 Å². The molecule has 1 amide bonds. The van der Waals surface area contributed by atoms with E-state index in [9.17, 15) is 4.79 Å². The minimum atomic E-state index is -0.175. The van der Waals surface area contributed by atoms with Crippen LogP contribution in [0.1, 0.15) is 59.4 Å². The van der Waals surface area contributed by atoms with Gasteiger partial charge in [0.15, 0.2) is 5.69 Å². The third-order valence-electron chi connectivity index (χ3n) is 3.72. The van der Waals surface area contributed by atoms with Crippen LogP contribution < -0.4 is 5.32 Å². The summed E-state index contributed by atoms with van der Waals surface area (Å²) in [6.45, 7) is 0. The largest absolute Gasteiger partial charge is 0.311 e. The van der Waals surface area contributed by atoms with Gasteiger partial charge in [-0.3, -0.25) is 9.89 Å². The van der Waals surface area contributed by atoms with Crippen molar-refractivity contribution in [3.8, 4) is 0 Å². The Labute approximate surface area is 128 Å².